The van der Waals surface area contributed by atoms with Crippen molar-refractivity contribution in [2.24, 2.45) is 23.7 Å². The summed E-state index contributed by atoms with van der Waals surface area (Å²) in [6.07, 6.45) is 5.16. The highest BCUT2D eigenvalue weighted by Gasteiger charge is 2.59. The van der Waals surface area contributed by atoms with Gasteiger partial charge in [0.15, 0.2) is 0 Å². The van der Waals surface area contributed by atoms with Crippen LogP contribution in [-0.4, -0.2) is 73.6 Å². The predicted octanol–water partition coefficient (Wildman–Crippen LogP) is 0.862. The fourth-order valence-electron chi connectivity index (χ4n) is 5.16. The van der Waals surface area contributed by atoms with Gasteiger partial charge in [-0.3, -0.25) is 19.4 Å². The zero-order valence-corrected chi connectivity index (χ0v) is 17.1. The second kappa shape index (κ2) is 6.76. The number of allylic oxidation sites excluding steroid dienone is 2. The maximum Gasteiger partial charge on any atom is 0.252 e. The Morgan fingerprint density at radius 1 is 0.964 bits per heavy atom. The molecule has 2 bridgehead atoms. The van der Waals surface area contributed by atoms with Crippen LogP contribution in [0.5, 0.6) is 0 Å². The highest BCUT2D eigenvalue weighted by atomic mass is 32.2. The minimum atomic E-state index is -3.41. The Morgan fingerprint density at radius 2 is 1.61 bits per heavy atom. The first-order valence-electron chi connectivity index (χ1n) is 9.76. The molecule has 0 aromatic carbocycles. The molecule has 2 aliphatic heterocycles. The molecule has 150 valence electrons. The number of rotatable bonds is 5. The van der Waals surface area contributed by atoms with Gasteiger partial charge in [-0.15, -0.1) is 11.3 Å². The van der Waals surface area contributed by atoms with Crippen molar-refractivity contribution in [3.63, 3.8) is 0 Å². The molecule has 4 atom stereocenters. The first-order chi connectivity index (χ1) is 13.5. The van der Waals surface area contributed by atoms with Gasteiger partial charge in [-0.25, -0.2) is 8.42 Å². The van der Waals surface area contributed by atoms with E-state index in [0.29, 0.717) is 43.5 Å². The van der Waals surface area contributed by atoms with Crippen LogP contribution >= 0.6 is 11.3 Å². The normalized spacial score (nSPS) is 33.2. The summed E-state index contributed by atoms with van der Waals surface area (Å²) in [5.74, 6) is 0.173. The molecule has 28 heavy (non-hydrogen) atoms. The van der Waals surface area contributed by atoms with E-state index in [1.54, 1.807) is 17.5 Å². The summed E-state index contributed by atoms with van der Waals surface area (Å²) in [4.78, 5) is 29.1. The Bertz CT molecular complexity index is 889. The number of carbonyl (C=O) groups excluding carboxylic acids is 2. The maximum absolute atomic E-state index is 12.7. The van der Waals surface area contributed by atoms with Crippen LogP contribution < -0.4 is 0 Å². The average molecular weight is 422 g/mol. The Balaban J connectivity index is 1.16. The van der Waals surface area contributed by atoms with Gasteiger partial charge in [0, 0.05) is 39.3 Å². The lowest BCUT2D eigenvalue weighted by Gasteiger charge is -2.34. The van der Waals surface area contributed by atoms with Gasteiger partial charge in [-0.2, -0.15) is 4.31 Å². The molecule has 0 N–H and O–H groups in total. The van der Waals surface area contributed by atoms with Crippen LogP contribution in [0.25, 0.3) is 0 Å². The average Bonchev–Trinajstić information content (AvgIpc) is 3.47. The molecule has 3 heterocycles. The molecule has 9 heteroatoms. The van der Waals surface area contributed by atoms with Crippen LogP contribution in [0.1, 0.15) is 6.42 Å². The van der Waals surface area contributed by atoms with Crippen molar-refractivity contribution < 1.29 is 18.0 Å². The fourth-order valence-corrected chi connectivity index (χ4v) is 7.72. The largest absolute Gasteiger partial charge is 0.299 e. The number of imide groups is 1. The van der Waals surface area contributed by atoms with Crippen LogP contribution in [0.4, 0.5) is 0 Å². The predicted molar refractivity (Wildman–Crippen MR) is 104 cm³/mol. The first kappa shape index (κ1) is 18.5. The number of sulfonamides is 1. The number of nitrogens with zero attached hydrogens (tertiary/aromatic N) is 3. The first-order valence-corrected chi connectivity index (χ1v) is 12.1. The third-order valence-electron chi connectivity index (χ3n) is 6.62. The second-order valence-corrected chi connectivity index (χ2v) is 11.1. The van der Waals surface area contributed by atoms with Gasteiger partial charge in [-0.1, -0.05) is 18.2 Å². The van der Waals surface area contributed by atoms with Crippen molar-refractivity contribution in [1.82, 2.24) is 14.1 Å². The quantitative estimate of drug-likeness (QED) is 0.521. The molecule has 1 aromatic rings. The van der Waals surface area contributed by atoms with E-state index in [2.05, 4.69) is 17.1 Å². The van der Waals surface area contributed by atoms with E-state index in [1.807, 2.05) is 0 Å². The van der Waals surface area contributed by atoms with Gasteiger partial charge >= 0.3 is 0 Å². The fraction of sp³-hybridized carbons (Fsp3) is 0.579. The number of likely N-dealkylation sites (tertiary alicyclic amines) is 1. The summed E-state index contributed by atoms with van der Waals surface area (Å²) >= 11 is 1.24. The number of amides is 2. The number of hydrogen-bond donors (Lipinski definition) is 0. The molecule has 0 radical (unpaired) electrons. The van der Waals surface area contributed by atoms with Crippen LogP contribution in [0.15, 0.2) is 33.9 Å². The van der Waals surface area contributed by atoms with E-state index in [0.717, 1.165) is 6.42 Å². The lowest BCUT2D eigenvalue weighted by Crippen LogP contribution is -2.50. The monoisotopic (exact) mass is 421 g/mol. The van der Waals surface area contributed by atoms with Gasteiger partial charge < -0.3 is 0 Å². The Kier molecular flexibility index (Phi) is 4.46. The highest BCUT2D eigenvalue weighted by molar-refractivity contribution is 7.91. The van der Waals surface area contributed by atoms with E-state index >= 15 is 0 Å². The van der Waals surface area contributed by atoms with Gasteiger partial charge in [0.1, 0.15) is 4.21 Å². The molecule has 7 nitrogen and oxygen atoms in total. The van der Waals surface area contributed by atoms with E-state index in [9.17, 15) is 18.0 Å². The molecule has 1 aromatic heterocycles. The molecular formula is C19H23N3O4S2. The zero-order chi connectivity index (χ0) is 19.5. The second-order valence-electron chi connectivity index (χ2n) is 8.01. The summed E-state index contributed by atoms with van der Waals surface area (Å²) in [7, 11) is -3.41. The topological polar surface area (TPSA) is 78.0 Å². The molecule has 0 unspecified atom stereocenters. The molecule has 3 fully saturated rings. The van der Waals surface area contributed by atoms with Gasteiger partial charge in [-0.05, 0) is 29.7 Å². The SMILES string of the molecule is O=C1[C@H]2[C@H](C(=O)N1CCN1CCN(S(=O)(=O)c3cccs3)CC1)[C@@H]1C=C[C@@H]2C1. The van der Waals surface area contributed by atoms with Crippen molar-refractivity contribution in [3.05, 3.63) is 29.7 Å². The summed E-state index contributed by atoms with van der Waals surface area (Å²) < 4.78 is 27.1. The van der Waals surface area contributed by atoms with Crippen molar-refractivity contribution >= 4 is 33.2 Å². The van der Waals surface area contributed by atoms with Crippen LogP contribution in [0.2, 0.25) is 0 Å². The number of hydrogen-bond acceptors (Lipinski definition) is 6. The molecule has 5 rings (SSSR count). The minimum absolute atomic E-state index is 0.00856. The van der Waals surface area contributed by atoms with Crippen LogP contribution in [-0.2, 0) is 19.6 Å². The summed E-state index contributed by atoms with van der Waals surface area (Å²) in [5, 5.41) is 1.77. The van der Waals surface area contributed by atoms with Gasteiger partial charge in [0.2, 0.25) is 11.8 Å². The standard InChI is InChI=1S/C19H23N3O4S2/c23-18-16-13-3-4-14(12-13)17(16)19(24)22(18)10-7-20-5-8-21(9-6-20)28(25,26)15-2-1-11-27-15/h1-4,11,13-14,16-17H,5-10,12H2/t13-,14-,16-,17-/m1/s1. The van der Waals surface area contributed by atoms with Gasteiger partial charge in [0.25, 0.3) is 10.0 Å². The summed E-state index contributed by atoms with van der Waals surface area (Å²) in [6.45, 7) is 3.10. The molecule has 2 aliphatic carbocycles. The van der Waals surface area contributed by atoms with Crippen LogP contribution in [0.3, 0.4) is 0 Å². The number of carbonyl (C=O) groups is 2. The smallest absolute Gasteiger partial charge is 0.252 e. The van der Waals surface area contributed by atoms with Crippen LogP contribution in [0, 0.1) is 23.7 Å². The highest BCUT2D eigenvalue weighted by Crippen LogP contribution is 2.52. The number of piperazine rings is 1. The molecule has 4 aliphatic rings. The molecule has 2 amide bonds. The number of thiophene rings is 1. The molecule has 1 saturated carbocycles. The zero-order valence-electron chi connectivity index (χ0n) is 15.4. The van der Waals surface area contributed by atoms with Crippen molar-refractivity contribution in [3.8, 4) is 0 Å². The van der Waals surface area contributed by atoms with E-state index in [4.69, 9.17) is 0 Å². The summed E-state index contributed by atoms with van der Waals surface area (Å²) in [5.41, 5.74) is 0. The molecular weight excluding hydrogens is 398 g/mol. The molecule has 2 saturated heterocycles. The van der Waals surface area contributed by atoms with Crippen molar-refractivity contribution in [2.45, 2.75) is 10.6 Å². The van der Waals surface area contributed by atoms with Gasteiger partial charge in [0.05, 0.1) is 11.8 Å². The van der Waals surface area contributed by atoms with Crippen molar-refractivity contribution in [1.29, 1.82) is 0 Å². The van der Waals surface area contributed by atoms with E-state index < -0.39 is 10.0 Å². The maximum atomic E-state index is 12.7. The Hall–Kier alpha value is -1.55. The van der Waals surface area contributed by atoms with Crippen molar-refractivity contribution in [2.75, 3.05) is 39.3 Å². The minimum Gasteiger partial charge on any atom is -0.299 e. The lowest BCUT2D eigenvalue weighted by molar-refractivity contribution is -0.140. The number of fused-ring (bicyclic) bond motifs is 5. The lowest BCUT2D eigenvalue weighted by atomic mass is 9.85. The summed E-state index contributed by atoms with van der Waals surface area (Å²) in [6, 6.07) is 3.38. The third-order valence-corrected chi connectivity index (χ3v) is 9.89. The van der Waals surface area contributed by atoms with E-state index in [-0.39, 0.29) is 35.5 Å². The Labute approximate surface area is 168 Å². The molecule has 0 spiro atoms. The third kappa shape index (κ3) is 2.79. The Morgan fingerprint density at radius 3 is 2.18 bits per heavy atom. The van der Waals surface area contributed by atoms with E-state index in [1.165, 1.54) is 20.5 Å².